The van der Waals surface area contributed by atoms with Crippen molar-refractivity contribution in [2.75, 3.05) is 47.1 Å². The third kappa shape index (κ3) is 5.54. The van der Waals surface area contributed by atoms with Crippen LogP contribution in [0.3, 0.4) is 0 Å². The summed E-state index contributed by atoms with van der Waals surface area (Å²) in [6.45, 7) is 3.95. The van der Waals surface area contributed by atoms with Gasteiger partial charge < -0.3 is 14.2 Å². The van der Waals surface area contributed by atoms with Gasteiger partial charge >= 0.3 is 0 Å². The number of rotatable bonds is 7. The fourth-order valence-corrected chi connectivity index (χ4v) is 2.25. The maximum absolute atomic E-state index is 11.8. The smallest absolute Gasteiger partial charge is 0.241 e. The van der Waals surface area contributed by atoms with Crippen LogP contribution in [0.2, 0.25) is 0 Å². The Bertz CT molecular complexity index is 542. The molecule has 0 aliphatic carbocycles. The summed E-state index contributed by atoms with van der Waals surface area (Å²) in [7, 11) is 3.16. The molecule has 0 bridgehead atoms. The summed E-state index contributed by atoms with van der Waals surface area (Å²) >= 11 is 0. The van der Waals surface area contributed by atoms with Crippen molar-refractivity contribution >= 4 is 12.1 Å². The Hall–Kier alpha value is -2.12. The number of benzene rings is 1. The first-order chi connectivity index (χ1) is 11.2. The van der Waals surface area contributed by atoms with E-state index >= 15 is 0 Å². The van der Waals surface area contributed by atoms with E-state index in [2.05, 4.69) is 15.4 Å². The summed E-state index contributed by atoms with van der Waals surface area (Å²) in [6.07, 6.45) is 2.00. The Morgan fingerprint density at radius 2 is 2.04 bits per heavy atom. The lowest BCUT2D eigenvalue weighted by Gasteiger charge is -2.25. The van der Waals surface area contributed by atoms with Crippen LogP contribution in [0.4, 0.5) is 0 Å². The summed E-state index contributed by atoms with van der Waals surface area (Å²) < 4.78 is 15.7. The highest BCUT2D eigenvalue weighted by molar-refractivity contribution is 5.83. The summed E-state index contributed by atoms with van der Waals surface area (Å²) in [6, 6.07) is 5.42. The highest BCUT2D eigenvalue weighted by Crippen LogP contribution is 2.26. The molecule has 0 atom stereocenters. The fourth-order valence-electron chi connectivity index (χ4n) is 2.25. The van der Waals surface area contributed by atoms with E-state index in [0.29, 0.717) is 17.9 Å². The molecule has 1 heterocycles. The molecule has 0 unspecified atom stereocenters. The van der Waals surface area contributed by atoms with E-state index in [1.807, 2.05) is 6.07 Å². The number of ether oxygens (including phenoxy) is 3. The Labute approximate surface area is 136 Å². The van der Waals surface area contributed by atoms with Crippen LogP contribution in [-0.2, 0) is 9.53 Å². The molecule has 2 rings (SSSR count). The average Bonchev–Trinajstić information content (AvgIpc) is 2.60. The van der Waals surface area contributed by atoms with E-state index in [4.69, 9.17) is 14.2 Å². The molecule has 126 valence electrons. The van der Waals surface area contributed by atoms with Gasteiger partial charge in [0.2, 0.25) is 5.91 Å². The minimum atomic E-state index is -0.104. The molecule has 1 saturated heterocycles. The Morgan fingerprint density at radius 3 is 2.74 bits per heavy atom. The van der Waals surface area contributed by atoms with E-state index in [-0.39, 0.29) is 5.91 Å². The van der Waals surface area contributed by atoms with Gasteiger partial charge in [0, 0.05) is 26.1 Å². The Morgan fingerprint density at radius 1 is 1.30 bits per heavy atom. The van der Waals surface area contributed by atoms with Gasteiger partial charge in [0.05, 0.1) is 33.6 Å². The third-order valence-corrected chi connectivity index (χ3v) is 3.57. The van der Waals surface area contributed by atoms with Gasteiger partial charge in [-0.3, -0.25) is 9.69 Å². The summed E-state index contributed by atoms with van der Waals surface area (Å²) in [5.74, 6) is 1.17. The minimum Gasteiger partial charge on any atom is -0.493 e. The van der Waals surface area contributed by atoms with Crippen molar-refractivity contribution in [2.24, 2.45) is 5.10 Å². The predicted octanol–water partition coefficient (Wildman–Crippen LogP) is 0.876. The van der Waals surface area contributed by atoms with Crippen LogP contribution < -0.4 is 14.9 Å². The maximum Gasteiger partial charge on any atom is 0.241 e. The quantitative estimate of drug-likeness (QED) is 0.596. The number of hydrazone groups is 1. The molecule has 23 heavy (non-hydrogen) atoms. The number of methoxy groups -OCH3 is 2. The number of nitrogens with zero attached hydrogens (tertiary/aromatic N) is 2. The second-order valence-corrected chi connectivity index (χ2v) is 5.11. The standard InChI is InChI=1S/C16H23N3O4/c1-21-14-4-3-13(11-15(14)22-2)12-17-18-16(20)5-6-19-7-9-23-10-8-19/h3-4,11-12H,5-10H2,1-2H3,(H,18,20). The zero-order valence-electron chi connectivity index (χ0n) is 13.6. The van der Waals surface area contributed by atoms with E-state index < -0.39 is 0 Å². The lowest BCUT2D eigenvalue weighted by Crippen LogP contribution is -2.38. The molecule has 0 saturated carbocycles. The van der Waals surface area contributed by atoms with Crippen LogP contribution in [0, 0.1) is 0 Å². The van der Waals surface area contributed by atoms with Crippen molar-refractivity contribution in [3.05, 3.63) is 23.8 Å². The molecule has 7 heteroatoms. The zero-order chi connectivity index (χ0) is 16.5. The predicted molar refractivity (Wildman–Crippen MR) is 87.2 cm³/mol. The summed E-state index contributed by atoms with van der Waals surface area (Å²) in [5.41, 5.74) is 3.35. The van der Waals surface area contributed by atoms with Crippen LogP contribution in [0.25, 0.3) is 0 Å². The van der Waals surface area contributed by atoms with Gasteiger partial charge in [-0.05, 0) is 23.8 Å². The summed E-state index contributed by atoms with van der Waals surface area (Å²) in [4.78, 5) is 14.0. The first-order valence-corrected chi connectivity index (χ1v) is 7.57. The average molecular weight is 321 g/mol. The molecular weight excluding hydrogens is 298 g/mol. The van der Waals surface area contributed by atoms with Gasteiger partial charge in [-0.15, -0.1) is 0 Å². The molecule has 7 nitrogen and oxygen atoms in total. The largest absolute Gasteiger partial charge is 0.493 e. The van der Waals surface area contributed by atoms with E-state index in [1.54, 1.807) is 32.6 Å². The minimum absolute atomic E-state index is 0.104. The zero-order valence-corrected chi connectivity index (χ0v) is 13.6. The lowest BCUT2D eigenvalue weighted by molar-refractivity contribution is -0.121. The van der Waals surface area contributed by atoms with Crippen LogP contribution in [0.1, 0.15) is 12.0 Å². The number of hydrogen-bond acceptors (Lipinski definition) is 6. The second-order valence-electron chi connectivity index (χ2n) is 5.11. The number of nitrogens with one attached hydrogen (secondary N) is 1. The van der Waals surface area contributed by atoms with E-state index in [0.717, 1.165) is 38.4 Å². The number of hydrogen-bond donors (Lipinski definition) is 1. The number of morpholine rings is 1. The van der Waals surface area contributed by atoms with Crippen LogP contribution in [0.15, 0.2) is 23.3 Å². The molecule has 1 aliphatic rings. The summed E-state index contributed by atoms with van der Waals surface area (Å²) in [5, 5.41) is 3.97. The van der Waals surface area contributed by atoms with Gasteiger partial charge in [0.15, 0.2) is 11.5 Å². The molecule has 1 aromatic carbocycles. The normalized spacial score (nSPS) is 15.6. The fraction of sp³-hybridized carbons (Fsp3) is 0.500. The second kappa shape index (κ2) is 9.12. The first kappa shape index (κ1) is 17.2. The van der Waals surface area contributed by atoms with E-state index in [1.165, 1.54) is 0 Å². The van der Waals surface area contributed by atoms with Gasteiger partial charge in [0.25, 0.3) is 0 Å². The molecule has 1 aliphatic heterocycles. The molecule has 0 spiro atoms. The van der Waals surface area contributed by atoms with E-state index in [9.17, 15) is 4.79 Å². The first-order valence-electron chi connectivity index (χ1n) is 7.57. The van der Waals surface area contributed by atoms with Gasteiger partial charge in [-0.25, -0.2) is 5.43 Å². The van der Waals surface area contributed by atoms with Crippen molar-refractivity contribution in [1.29, 1.82) is 0 Å². The lowest BCUT2D eigenvalue weighted by atomic mass is 10.2. The highest BCUT2D eigenvalue weighted by atomic mass is 16.5. The third-order valence-electron chi connectivity index (χ3n) is 3.57. The van der Waals surface area contributed by atoms with Crippen molar-refractivity contribution in [2.45, 2.75) is 6.42 Å². The topological polar surface area (TPSA) is 72.4 Å². The molecular formula is C16H23N3O4. The van der Waals surface area contributed by atoms with Crippen molar-refractivity contribution in [3.8, 4) is 11.5 Å². The number of carbonyl (C=O) groups excluding carboxylic acids is 1. The van der Waals surface area contributed by atoms with Crippen molar-refractivity contribution in [1.82, 2.24) is 10.3 Å². The molecule has 1 fully saturated rings. The van der Waals surface area contributed by atoms with Gasteiger partial charge in [-0.1, -0.05) is 0 Å². The molecule has 0 radical (unpaired) electrons. The SMILES string of the molecule is COc1ccc(C=NNC(=O)CCN2CCOCC2)cc1OC. The van der Waals surface area contributed by atoms with Crippen LogP contribution >= 0.6 is 0 Å². The van der Waals surface area contributed by atoms with Gasteiger partial charge in [-0.2, -0.15) is 5.10 Å². The molecule has 1 N–H and O–H groups in total. The Balaban J connectivity index is 1.77. The Kier molecular flexibility index (Phi) is 6.83. The van der Waals surface area contributed by atoms with Gasteiger partial charge in [0.1, 0.15) is 0 Å². The molecule has 1 amide bonds. The van der Waals surface area contributed by atoms with Crippen LogP contribution in [-0.4, -0.2) is 64.1 Å². The van der Waals surface area contributed by atoms with Crippen molar-refractivity contribution in [3.63, 3.8) is 0 Å². The molecule has 1 aromatic rings. The monoisotopic (exact) mass is 321 g/mol. The van der Waals surface area contributed by atoms with Crippen molar-refractivity contribution < 1.29 is 19.0 Å². The number of carbonyl (C=O) groups is 1. The van der Waals surface area contributed by atoms with Crippen LogP contribution in [0.5, 0.6) is 11.5 Å². The highest BCUT2D eigenvalue weighted by Gasteiger charge is 2.11. The molecule has 0 aromatic heterocycles. The number of amides is 1. The maximum atomic E-state index is 11.8.